The summed E-state index contributed by atoms with van der Waals surface area (Å²) in [7, 11) is 0. The number of nitrogens with two attached hydrogens (primary N) is 1. The van der Waals surface area contributed by atoms with Gasteiger partial charge in [0.15, 0.2) is 5.84 Å². The number of likely N-dealkylation sites (tertiary alicyclic amines) is 1. The van der Waals surface area contributed by atoms with Crippen LogP contribution in [0, 0.1) is 10.8 Å². The van der Waals surface area contributed by atoms with E-state index >= 15 is 0 Å². The van der Waals surface area contributed by atoms with Gasteiger partial charge in [-0.2, -0.15) is 0 Å². The molecule has 0 saturated carbocycles. The standard InChI is InChI=1S/C23H29N5O3/c1-14(2)17-11-18(20(30)12-19(17)29)21(24)28(22(25)23(26)31)16-7-5-15(6-8-16)13-27-9-3-4-10-27/h5-8,11-12,14,24-25,29-30H,3-4,9-10,13H2,1-2H3,(H2,26,31). The van der Waals surface area contributed by atoms with E-state index in [9.17, 15) is 15.0 Å². The van der Waals surface area contributed by atoms with Gasteiger partial charge in [-0.25, -0.2) is 0 Å². The molecule has 3 rings (SSSR count). The molecule has 31 heavy (non-hydrogen) atoms. The molecule has 0 aromatic heterocycles. The van der Waals surface area contributed by atoms with Gasteiger partial charge in [0.1, 0.15) is 17.3 Å². The SMILES string of the molecule is CC(C)c1cc(C(=N)N(C(=N)C(N)=O)c2ccc(CN3CCCC3)cc2)c(O)cc1O. The number of aromatic hydroxyl groups is 2. The molecule has 0 atom stereocenters. The van der Waals surface area contributed by atoms with Crippen LogP contribution in [0.1, 0.15) is 49.3 Å². The first-order valence-corrected chi connectivity index (χ1v) is 10.3. The highest BCUT2D eigenvalue weighted by Gasteiger charge is 2.26. The van der Waals surface area contributed by atoms with Gasteiger partial charge in [-0.05, 0) is 61.2 Å². The van der Waals surface area contributed by atoms with Crippen molar-refractivity contribution in [1.29, 1.82) is 10.8 Å². The molecule has 1 heterocycles. The maximum absolute atomic E-state index is 11.8. The molecule has 0 radical (unpaired) electrons. The summed E-state index contributed by atoms with van der Waals surface area (Å²) in [5.74, 6) is -2.31. The summed E-state index contributed by atoms with van der Waals surface area (Å²) in [6.07, 6.45) is 2.40. The fourth-order valence-electron chi connectivity index (χ4n) is 3.80. The number of anilines is 1. The number of phenols is 2. The monoisotopic (exact) mass is 423 g/mol. The average Bonchev–Trinajstić information content (AvgIpc) is 3.22. The summed E-state index contributed by atoms with van der Waals surface area (Å²) in [4.78, 5) is 15.3. The lowest BCUT2D eigenvalue weighted by molar-refractivity contribution is -0.112. The van der Waals surface area contributed by atoms with E-state index in [1.54, 1.807) is 12.1 Å². The molecule has 1 saturated heterocycles. The molecule has 8 nitrogen and oxygen atoms in total. The van der Waals surface area contributed by atoms with Crippen molar-refractivity contribution in [2.24, 2.45) is 5.73 Å². The van der Waals surface area contributed by atoms with Crippen molar-refractivity contribution in [3.05, 3.63) is 53.1 Å². The van der Waals surface area contributed by atoms with E-state index in [0.29, 0.717) is 11.3 Å². The molecular weight excluding hydrogens is 394 g/mol. The van der Waals surface area contributed by atoms with Gasteiger partial charge in [0, 0.05) is 18.3 Å². The van der Waals surface area contributed by atoms with Gasteiger partial charge in [0.05, 0.1) is 5.56 Å². The molecule has 0 bridgehead atoms. The number of nitrogens with zero attached hydrogens (tertiary/aromatic N) is 2. The van der Waals surface area contributed by atoms with E-state index in [-0.39, 0.29) is 28.8 Å². The number of amidine groups is 2. The van der Waals surface area contributed by atoms with Crippen LogP contribution < -0.4 is 10.6 Å². The molecule has 0 aliphatic carbocycles. The topological polar surface area (TPSA) is 138 Å². The van der Waals surface area contributed by atoms with Gasteiger partial charge in [0.25, 0.3) is 5.91 Å². The number of benzene rings is 2. The molecule has 8 heteroatoms. The highest BCUT2D eigenvalue weighted by molar-refractivity contribution is 6.47. The van der Waals surface area contributed by atoms with Crippen molar-refractivity contribution in [2.75, 3.05) is 18.0 Å². The van der Waals surface area contributed by atoms with Crippen LogP contribution >= 0.6 is 0 Å². The number of rotatable bonds is 5. The Balaban J connectivity index is 1.96. The minimum atomic E-state index is -0.992. The van der Waals surface area contributed by atoms with Crippen molar-refractivity contribution in [3.63, 3.8) is 0 Å². The third-order valence-electron chi connectivity index (χ3n) is 5.50. The Labute approximate surface area is 181 Å². The summed E-state index contributed by atoms with van der Waals surface area (Å²) >= 11 is 0. The molecule has 2 aromatic carbocycles. The number of primary amides is 1. The largest absolute Gasteiger partial charge is 0.508 e. The minimum absolute atomic E-state index is 0.0546. The molecule has 1 amide bonds. The Morgan fingerprint density at radius 3 is 2.26 bits per heavy atom. The second kappa shape index (κ2) is 9.18. The van der Waals surface area contributed by atoms with E-state index < -0.39 is 11.7 Å². The van der Waals surface area contributed by atoms with Crippen molar-refractivity contribution in [2.45, 2.75) is 39.2 Å². The lowest BCUT2D eigenvalue weighted by Crippen LogP contribution is -2.44. The fraction of sp³-hybridized carbons (Fsp3) is 0.348. The highest BCUT2D eigenvalue weighted by Crippen LogP contribution is 2.33. The summed E-state index contributed by atoms with van der Waals surface area (Å²) in [5, 5.41) is 37.3. The Bertz CT molecular complexity index is 995. The Kier molecular flexibility index (Phi) is 6.60. The number of amides is 1. The number of carbonyl (C=O) groups is 1. The predicted molar refractivity (Wildman–Crippen MR) is 121 cm³/mol. The second-order valence-electron chi connectivity index (χ2n) is 8.13. The Morgan fingerprint density at radius 2 is 1.71 bits per heavy atom. The zero-order valence-electron chi connectivity index (χ0n) is 17.9. The zero-order valence-corrected chi connectivity index (χ0v) is 17.9. The second-order valence-corrected chi connectivity index (χ2v) is 8.13. The lowest BCUT2D eigenvalue weighted by Gasteiger charge is -2.26. The van der Waals surface area contributed by atoms with Crippen LogP contribution in [0.5, 0.6) is 11.5 Å². The minimum Gasteiger partial charge on any atom is -0.508 e. The van der Waals surface area contributed by atoms with Crippen molar-refractivity contribution in [1.82, 2.24) is 4.90 Å². The van der Waals surface area contributed by atoms with E-state index in [1.807, 2.05) is 26.0 Å². The van der Waals surface area contributed by atoms with Crippen LogP contribution in [0.2, 0.25) is 0 Å². The summed E-state index contributed by atoms with van der Waals surface area (Å²) in [5.41, 5.74) is 7.50. The van der Waals surface area contributed by atoms with E-state index in [0.717, 1.165) is 30.1 Å². The number of hydrogen-bond acceptors (Lipinski definition) is 6. The summed E-state index contributed by atoms with van der Waals surface area (Å²) < 4.78 is 0. The average molecular weight is 424 g/mol. The predicted octanol–water partition coefficient (Wildman–Crippen LogP) is 3.11. The first-order chi connectivity index (χ1) is 14.7. The first kappa shape index (κ1) is 22.3. The molecule has 0 spiro atoms. The van der Waals surface area contributed by atoms with Gasteiger partial charge in [-0.1, -0.05) is 26.0 Å². The van der Waals surface area contributed by atoms with Crippen LogP contribution in [0.4, 0.5) is 5.69 Å². The summed E-state index contributed by atoms with van der Waals surface area (Å²) in [6.45, 7) is 6.72. The maximum atomic E-state index is 11.8. The van der Waals surface area contributed by atoms with E-state index in [2.05, 4.69) is 4.90 Å². The molecular formula is C23H29N5O3. The molecule has 6 N–H and O–H groups in total. The smallest absolute Gasteiger partial charge is 0.284 e. The van der Waals surface area contributed by atoms with Crippen LogP contribution in [0.25, 0.3) is 0 Å². The van der Waals surface area contributed by atoms with Gasteiger partial charge in [-0.15, -0.1) is 0 Å². The zero-order chi connectivity index (χ0) is 22.7. The molecule has 1 fully saturated rings. The Hall–Kier alpha value is -3.39. The van der Waals surface area contributed by atoms with Gasteiger partial charge >= 0.3 is 0 Å². The van der Waals surface area contributed by atoms with Gasteiger partial charge in [-0.3, -0.25) is 25.4 Å². The molecule has 1 aliphatic heterocycles. The number of hydrogen-bond donors (Lipinski definition) is 5. The van der Waals surface area contributed by atoms with Crippen LogP contribution in [0.15, 0.2) is 36.4 Å². The van der Waals surface area contributed by atoms with Crippen molar-refractivity contribution < 1.29 is 15.0 Å². The highest BCUT2D eigenvalue weighted by atomic mass is 16.3. The fourth-order valence-corrected chi connectivity index (χ4v) is 3.80. The first-order valence-electron chi connectivity index (χ1n) is 10.3. The van der Waals surface area contributed by atoms with Crippen molar-refractivity contribution in [3.8, 4) is 11.5 Å². The third-order valence-corrected chi connectivity index (χ3v) is 5.50. The third kappa shape index (κ3) is 4.86. The van der Waals surface area contributed by atoms with Crippen LogP contribution in [0.3, 0.4) is 0 Å². The molecule has 1 aliphatic rings. The van der Waals surface area contributed by atoms with Crippen molar-refractivity contribution >= 4 is 23.3 Å². The van der Waals surface area contributed by atoms with E-state index in [4.69, 9.17) is 16.6 Å². The van der Waals surface area contributed by atoms with Crippen LogP contribution in [-0.4, -0.2) is 45.8 Å². The van der Waals surface area contributed by atoms with Crippen LogP contribution in [-0.2, 0) is 11.3 Å². The number of carbonyl (C=O) groups excluding carboxylic acids is 1. The quantitative estimate of drug-likeness (QED) is 0.372. The lowest BCUT2D eigenvalue weighted by atomic mass is 9.98. The number of phenolic OH excluding ortho intramolecular Hbond substituents is 2. The van der Waals surface area contributed by atoms with E-state index in [1.165, 1.54) is 25.0 Å². The Morgan fingerprint density at radius 1 is 1.10 bits per heavy atom. The number of nitrogens with one attached hydrogen (secondary N) is 2. The summed E-state index contributed by atoms with van der Waals surface area (Å²) in [6, 6.07) is 9.94. The maximum Gasteiger partial charge on any atom is 0.284 e. The molecule has 2 aromatic rings. The molecule has 0 unspecified atom stereocenters. The molecule has 164 valence electrons. The normalized spacial score (nSPS) is 14.0. The van der Waals surface area contributed by atoms with Gasteiger partial charge in [0.2, 0.25) is 0 Å². The van der Waals surface area contributed by atoms with Gasteiger partial charge < -0.3 is 15.9 Å².